The Balaban J connectivity index is 1.58. The van der Waals surface area contributed by atoms with Gasteiger partial charge in [0.15, 0.2) is 17.7 Å². The van der Waals surface area contributed by atoms with Crippen LogP contribution < -0.4 is 5.73 Å². The van der Waals surface area contributed by atoms with Crippen molar-refractivity contribution in [3.63, 3.8) is 0 Å². The quantitative estimate of drug-likeness (QED) is 0.677. The van der Waals surface area contributed by atoms with Gasteiger partial charge in [0.2, 0.25) is 0 Å². The fourth-order valence-corrected chi connectivity index (χ4v) is 3.99. The van der Waals surface area contributed by atoms with Crippen LogP contribution in [0, 0.1) is 5.92 Å². The number of nitrogens with two attached hydrogens (primary N) is 1. The lowest BCUT2D eigenvalue weighted by atomic mass is 10.1. The first-order valence-electron chi connectivity index (χ1n) is 8.63. The van der Waals surface area contributed by atoms with Crippen molar-refractivity contribution in [1.82, 2.24) is 24.4 Å². The average Bonchev–Trinajstić information content (AvgIpc) is 2.97. The topological polar surface area (TPSA) is 123 Å². The van der Waals surface area contributed by atoms with E-state index in [1.54, 1.807) is 4.57 Å². The van der Waals surface area contributed by atoms with Gasteiger partial charge in [-0.15, -0.1) is 0 Å². The van der Waals surface area contributed by atoms with Crippen LogP contribution in [0.15, 0.2) is 12.7 Å². The Morgan fingerprint density at radius 3 is 2.96 bits per heavy atom. The Morgan fingerprint density at radius 2 is 2.20 bits per heavy atom. The zero-order valence-electron chi connectivity index (χ0n) is 14.4. The number of aliphatic hydroxyl groups excluding tert-OH is 2. The van der Waals surface area contributed by atoms with Crippen LogP contribution in [0.1, 0.15) is 26.0 Å². The van der Waals surface area contributed by atoms with Gasteiger partial charge in [0.1, 0.15) is 29.7 Å². The van der Waals surface area contributed by atoms with Crippen molar-refractivity contribution in [3.05, 3.63) is 12.7 Å². The fraction of sp³-hybridized carbons (Fsp3) is 0.688. The molecule has 4 rings (SSSR count). The predicted molar refractivity (Wildman–Crippen MR) is 90.5 cm³/mol. The number of ether oxygens (including phenoxy) is 1. The lowest BCUT2D eigenvalue weighted by Crippen LogP contribution is -2.35. The SMILES string of the molecule is CCCN(C)C[C@H]1C[C@]12OC(n1cnc3c(N)ncnc31)[C@@H](O)C2O. The lowest BCUT2D eigenvalue weighted by molar-refractivity contribution is -0.0546. The van der Waals surface area contributed by atoms with Gasteiger partial charge in [0.05, 0.1) is 6.33 Å². The van der Waals surface area contributed by atoms with Crippen LogP contribution in [0.25, 0.3) is 11.2 Å². The van der Waals surface area contributed by atoms with Gasteiger partial charge in [0.25, 0.3) is 0 Å². The molecule has 4 N–H and O–H groups in total. The van der Waals surface area contributed by atoms with E-state index in [-0.39, 0.29) is 11.7 Å². The molecule has 1 saturated carbocycles. The van der Waals surface area contributed by atoms with Crippen LogP contribution >= 0.6 is 0 Å². The maximum Gasteiger partial charge on any atom is 0.167 e. The highest BCUT2D eigenvalue weighted by molar-refractivity contribution is 5.81. The second-order valence-corrected chi connectivity index (χ2v) is 7.15. The van der Waals surface area contributed by atoms with Crippen molar-refractivity contribution >= 4 is 17.0 Å². The molecule has 2 fully saturated rings. The first kappa shape index (κ1) is 16.6. The molecule has 2 aromatic heterocycles. The number of rotatable bonds is 5. The normalized spacial score (nSPS) is 34.4. The molecule has 9 heteroatoms. The van der Waals surface area contributed by atoms with E-state index in [9.17, 15) is 10.2 Å². The highest BCUT2D eigenvalue weighted by atomic mass is 16.6. The molecule has 1 spiro atoms. The number of hydrogen-bond acceptors (Lipinski definition) is 8. The van der Waals surface area contributed by atoms with E-state index in [0.29, 0.717) is 11.2 Å². The minimum Gasteiger partial charge on any atom is -0.387 e. The summed E-state index contributed by atoms with van der Waals surface area (Å²) >= 11 is 0. The molecule has 0 radical (unpaired) electrons. The van der Waals surface area contributed by atoms with E-state index in [4.69, 9.17) is 10.5 Å². The molecule has 0 bridgehead atoms. The number of nitrogens with zero attached hydrogens (tertiary/aromatic N) is 5. The van der Waals surface area contributed by atoms with Gasteiger partial charge < -0.3 is 25.6 Å². The zero-order valence-corrected chi connectivity index (χ0v) is 14.4. The Labute approximate surface area is 145 Å². The van der Waals surface area contributed by atoms with Crippen molar-refractivity contribution in [2.45, 2.75) is 43.8 Å². The van der Waals surface area contributed by atoms with E-state index in [2.05, 4.69) is 33.8 Å². The summed E-state index contributed by atoms with van der Waals surface area (Å²) in [6.45, 7) is 3.97. The summed E-state index contributed by atoms with van der Waals surface area (Å²) in [5.74, 6) is 0.477. The predicted octanol–water partition coefficient (Wildman–Crippen LogP) is -0.240. The number of aromatic nitrogens is 4. The second kappa shape index (κ2) is 5.87. The Hall–Kier alpha value is -1.81. The fourth-order valence-electron chi connectivity index (χ4n) is 3.99. The monoisotopic (exact) mass is 348 g/mol. The molecule has 1 saturated heterocycles. The van der Waals surface area contributed by atoms with E-state index < -0.39 is 24.0 Å². The molecule has 9 nitrogen and oxygen atoms in total. The average molecular weight is 348 g/mol. The molecule has 5 atom stereocenters. The van der Waals surface area contributed by atoms with Gasteiger partial charge >= 0.3 is 0 Å². The van der Waals surface area contributed by atoms with Crippen LogP contribution in [-0.4, -0.2) is 72.6 Å². The summed E-state index contributed by atoms with van der Waals surface area (Å²) in [6.07, 6.45) is 1.96. The highest BCUT2D eigenvalue weighted by Crippen LogP contribution is 2.57. The minimum absolute atomic E-state index is 0.202. The summed E-state index contributed by atoms with van der Waals surface area (Å²) in [5.41, 5.74) is 6.07. The summed E-state index contributed by atoms with van der Waals surface area (Å²) in [4.78, 5) is 14.6. The Bertz CT molecular complexity index is 782. The third-order valence-electron chi connectivity index (χ3n) is 5.35. The molecule has 25 heavy (non-hydrogen) atoms. The van der Waals surface area contributed by atoms with Gasteiger partial charge in [0, 0.05) is 12.5 Å². The number of hydrogen-bond donors (Lipinski definition) is 3. The van der Waals surface area contributed by atoms with Crippen molar-refractivity contribution in [1.29, 1.82) is 0 Å². The van der Waals surface area contributed by atoms with Gasteiger partial charge in [-0.2, -0.15) is 0 Å². The van der Waals surface area contributed by atoms with Gasteiger partial charge in [-0.3, -0.25) is 4.57 Å². The van der Waals surface area contributed by atoms with Gasteiger partial charge in [-0.05, 0) is 26.4 Å². The van der Waals surface area contributed by atoms with Crippen LogP contribution in [0.3, 0.4) is 0 Å². The van der Waals surface area contributed by atoms with Crippen molar-refractivity contribution in [2.24, 2.45) is 5.92 Å². The molecular formula is C16H24N6O3. The first-order chi connectivity index (χ1) is 12.0. The molecule has 2 aromatic rings. The largest absolute Gasteiger partial charge is 0.387 e. The standard InChI is InChI=1S/C16H24N6O3/c1-3-4-21(2)6-9-5-16(9)12(24)11(23)15(25-16)22-8-20-10-13(17)18-7-19-14(10)22/h7-9,11-12,15,23-24H,3-6H2,1-2H3,(H2,17,18,19)/t9-,11+,12?,15?,16+/m1/s1. The van der Waals surface area contributed by atoms with E-state index in [1.165, 1.54) is 12.7 Å². The maximum absolute atomic E-state index is 10.6. The van der Waals surface area contributed by atoms with Gasteiger partial charge in [-0.1, -0.05) is 6.92 Å². The molecule has 136 valence electrons. The number of aliphatic hydroxyl groups is 2. The third kappa shape index (κ3) is 2.50. The number of fused-ring (bicyclic) bond motifs is 1. The van der Waals surface area contributed by atoms with Crippen LogP contribution in [-0.2, 0) is 4.74 Å². The molecule has 2 unspecified atom stereocenters. The first-order valence-corrected chi connectivity index (χ1v) is 8.63. The molecule has 3 heterocycles. The van der Waals surface area contributed by atoms with Crippen molar-refractivity contribution in [3.8, 4) is 0 Å². The van der Waals surface area contributed by atoms with E-state index in [1.807, 2.05) is 0 Å². The van der Waals surface area contributed by atoms with Crippen LogP contribution in [0.2, 0.25) is 0 Å². The smallest absolute Gasteiger partial charge is 0.167 e. The molecule has 1 aliphatic heterocycles. The number of imidazole rings is 1. The van der Waals surface area contributed by atoms with Crippen LogP contribution in [0.4, 0.5) is 5.82 Å². The summed E-state index contributed by atoms with van der Waals surface area (Å²) < 4.78 is 7.79. The molecule has 1 aliphatic carbocycles. The third-order valence-corrected chi connectivity index (χ3v) is 5.35. The molecule has 0 aromatic carbocycles. The summed E-state index contributed by atoms with van der Waals surface area (Å²) in [5, 5.41) is 21.2. The van der Waals surface area contributed by atoms with Crippen molar-refractivity contribution < 1.29 is 14.9 Å². The van der Waals surface area contributed by atoms with E-state index in [0.717, 1.165) is 25.9 Å². The zero-order chi connectivity index (χ0) is 17.8. The van der Waals surface area contributed by atoms with E-state index >= 15 is 0 Å². The second-order valence-electron chi connectivity index (χ2n) is 7.15. The summed E-state index contributed by atoms with van der Waals surface area (Å²) in [7, 11) is 2.06. The molecule has 0 amide bonds. The Kier molecular flexibility index (Phi) is 3.91. The maximum atomic E-state index is 10.6. The van der Waals surface area contributed by atoms with Crippen molar-refractivity contribution in [2.75, 3.05) is 25.9 Å². The minimum atomic E-state index is -1.05. The molecule has 2 aliphatic rings. The highest BCUT2D eigenvalue weighted by Gasteiger charge is 2.68. The number of anilines is 1. The number of nitrogen functional groups attached to an aromatic ring is 1. The lowest BCUT2D eigenvalue weighted by Gasteiger charge is -2.19. The van der Waals surface area contributed by atoms with Crippen LogP contribution in [0.5, 0.6) is 0 Å². The molecular weight excluding hydrogens is 324 g/mol. The van der Waals surface area contributed by atoms with Gasteiger partial charge in [-0.25, -0.2) is 15.0 Å². The Morgan fingerprint density at radius 1 is 1.40 bits per heavy atom. The summed E-state index contributed by atoms with van der Waals surface area (Å²) in [6, 6.07) is 0.